The molecule has 0 atom stereocenters. The van der Waals surface area contributed by atoms with Crippen LogP contribution in [0, 0.1) is 0 Å². The van der Waals surface area contributed by atoms with E-state index in [4.69, 9.17) is 9.15 Å². The zero-order chi connectivity index (χ0) is 16.4. The van der Waals surface area contributed by atoms with Crippen LogP contribution in [0.15, 0.2) is 40.9 Å². The lowest BCUT2D eigenvalue weighted by molar-refractivity contribution is 0.0998. The Bertz CT molecular complexity index is 824. The molecule has 0 fully saturated rings. The van der Waals surface area contributed by atoms with Gasteiger partial charge in [0, 0.05) is 19.5 Å². The topological polar surface area (TPSA) is 80.5 Å². The minimum absolute atomic E-state index is 0.228. The number of anilines is 2. The number of carbonyl (C=O) groups is 1. The molecule has 3 aromatic rings. The molecule has 0 unspecified atom stereocenters. The number of carbonyl (C=O) groups excluding carboxylic acids is 1. The molecule has 2 heterocycles. The largest absolute Gasteiger partial charge is 0.467 e. The molecule has 0 aliphatic rings. The van der Waals surface area contributed by atoms with Gasteiger partial charge in [-0.15, -0.1) is 0 Å². The molecule has 0 aliphatic carbocycles. The van der Waals surface area contributed by atoms with E-state index in [1.165, 1.54) is 13.3 Å². The van der Waals surface area contributed by atoms with E-state index in [1.54, 1.807) is 11.0 Å². The molecule has 0 radical (unpaired) electrons. The second kappa shape index (κ2) is 5.96. The van der Waals surface area contributed by atoms with Gasteiger partial charge in [-0.05, 0) is 12.1 Å². The van der Waals surface area contributed by atoms with Gasteiger partial charge >= 0.3 is 6.01 Å². The van der Waals surface area contributed by atoms with E-state index in [2.05, 4.69) is 15.3 Å². The third kappa shape index (κ3) is 2.94. The zero-order valence-corrected chi connectivity index (χ0v) is 13.0. The Balaban J connectivity index is 1.90. The van der Waals surface area contributed by atoms with Crippen LogP contribution in [-0.4, -0.2) is 37.1 Å². The summed E-state index contributed by atoms with van der Waals surface area (Å²) in [4.78, 5) is 22.4. The number of ether oxygens (including phenoxy) is 1. The Kier molecular flexibility index (Phi) is 3.84. The summed E-state index contributed by atoms with van der Waals surface area (Å²) in [5.74, 6) is 0.408. The number of benzene rings is 1. The Morgan fingerprint density at radius 1 is 1.30 bits per heavy atom. The van der Waals surface area contributed by atoms with Crippen molar-refractivity contribution in [3.8, 4) is 6.01 Å². The van der Waals surface area contributed by atoms with E-state index >= 15 is 0 Å². The van der Waals surface area contributed by atoms with Crippen molar-refractivity contribution in [1.29, 1.82) is 0 Å². The summed E-state index contributed by atoms with van der Waals surface area (Å²) in [5, 5.41) is 3.64. The van der Waals surface area contributed by atoms with Gasteiger partial charge in [0.15, 0.2) is 11.6 Å². The minimum atomic E-state index is -0.363. The highest BCUT2D eigenvalue weighted by molar-refractivity contribution is 6.05. The Morgan fingerprint density at radius 3 is 2.78 bits per heavy atom. The van der Waals surface area contributed by atoms with Crippen molar-refractivity contribution in [3.63, 3.8) is 0 Å². The van der Waals surface area contributed by atoms with Gasteiger partial charge in [0.25, 0.3) is 5.91 Å². The number of rotatable bonds is 4. The molecule has 0 saturated carbocycles. The van der Waals surface area contributed by atoms with E-state index in [0.717, 1.165) is 5.39 Å². The predicted octanol–water partition coefficient (Wildman–Crippen LogP) is 2.55. The first-order valence-electron chi connectivity index (χ1n) is 6.97. The number of fused-ring (bicyclic) bond motifs is 1. The van der Waals surface area contributed by atoms with E-state index < -0.39 is 0 Å². The van der Waals surface area contributed by atoms with Crippen LogP contribution >= 0.6 is 0 Å². The number of aromatic nitrogens is 2. The lowest BCUT2D eigenvalue weighted by Gasteiger charge is -2.16. The number of hydrogen-bond donors (Lipinski definition) is 1. The number of para-hydroxylation sites is 1. The maximum absolute atomic E-state index is 12.4. The van der Waals surface area contributed by atoms with Gasteiger partial charge in [0.05, 0.1) is 13.3 Å². The first-order chi connectivity index (χ1) is 11.1. The smallest absolute Gasteiger partial charge is 0.318 e. The predicted molar refractivity (Wildman–Crippen MR) is 87.1 cm³/mol. The summed E-state index contributed by atoms with van der Waals surface area (Å²) in [6.07, 6.45) is 1.50. The zero-order valence-electron chi connectivity index (χ0n) is 13.0. The summed E-state index contributed by atoms with van der Waals surface area (Å²) < 4.78 is 10.6. The number of hydrogen-bond acceptors (Lipinski definition) is 6. The van der Waals surface area contributed by atoms with Crippen LogP contribution in [0.2, 0.25) is 0 Å². The summed E-state index contributed by atoms with van der Waals surface area (Å²) >= 11 is 0. The van der Waals surface area contributed by atoms with Crippen LogP contribution in [-0.2, 0) is 0 Å². The molecule has 7 nitrogen and oxygen atoms in total. The van der Waals surface area contributed by atoms with Crippen molar-refractivity contribution in [2.24, 2.45) is 0 Å². The Hall–Kier alpha value is -3.09. The molecular weight excluding hydrogens is 296 g/mol. The van der Waals surface area contributed by atoms with Crippen LogP contribution in [0.4, 0.5) is 11.5 Å². The fourth-order valence-corrected chi connectivity index (χ4v) is 2.16. The minimum Gasteiger partial charge on any atom is -0.467 e. The molecule has 3 rings (SSSR count). The van der Waals surface area contributed by atoms with Crippen LogP contribution < -0.4 is 15.0 Å². The molecule has 0 bridgehead atoms. The van der Waals surface area contributed by atoms with Gasteiger partial charge in [-0.1, -0.05) is 18.2 Å². The molecule has 7 heteroatoms. The first kappa shape index (κ1) is 14.8. The SMILES string of the molecule is COc1ncc(NC(=O)c2cc3ccccc3o2)c(N(C)C)n1. The summed E-state index contributed by atoms with van der Waals surface area (Å²) in [6.45, 7) is 0. The second-order valence-electron chi connectivity index (χ2n) is 5.09. The molecule has 0 saturated heterocycles. The number of nitrogens with one attached hydrogen (secondary N) is 1. The third-order valence-corrected chi connectivity index (χ3v) is 3.25. The van der Waals surface area contributed by atoms with Crippen molar-refractivity contribution in [2.45, 2.75) is 0 Å². The second-order valence-corrected chi connectivity index (χ2v) is 5.09. The van der Waals surface area contributed by atoms with Gasteiger partial charge in [-0.2, -0.15) is 4.98 Å². The average Bonchev–Trinajstić information content (AvgIpc) is 2.99. The van der Waals surface area contributed by atoms with E-state index in [0.29, 0.717) is 17.1 Å². The molecule has 0 spiro atoms. The van der Waals surface area contributed by atoms with Gasteiger partial charge in [-0.3, -0.25) is 4.79 Å². The summed E-state index contributed by atoms with van der Waals surface area (Å²) in [7, 11) is 5.12. The molecule has 2 aromatic heterocycles. The van der Waals surface area contributed by atoms with Crippen LogP contribution in [0.5, 0.6) is 6.01 Å². The Morgan fingerprint density at radius 2 is 2.09 bits per heavy atom. The van der Waals surface area contributed by atoms with Crippen LogP contribution in [0.25, 0.3) is 11.0 Å². The highest BCUT2D eigenvalue weighted by atomic mass is 16.5. The van der Waals surface area contributed by atoms with Gasteiger partial charge in [0.2, 0.25) is 0 Å². The number of nitrogens with zero attached hydrogens (tertiary/aromatic N) is 3. The van der Waals surface area contributed by atoms with E-state index in [9.17, 15) is 4.79 Å². The number of furan rings is 1. The Labute approximate surface area is 132 Å². The van der Waals surface area contributed by atoms with E-state index in [-0.39, 0.29) is 17.7 Å². The van der Waals surface area contributed by atoms with Gasteiger partial charge in [-0.25, -0.2) is 4.98 Å². The summed E-state index contributed by atoms with van der Waals surface area (Å²) in [5.41, 5.74) is 1.14. The molecule has 1 aromatic carbocycles. The lowest BCUT2D eigenvalue weighted by Crippen LogP contribution is -2.18. The highest BCUT2D eigenvalue weighted by Gasteiger charge is 2.16. The van der Waals surface area contributed by atoms with Crippen molar-refractivity contribution in [1.82, 2.24) is 9.97 Å². The number of methoxy groups -OCH3 is 1. The van der Waals surface area contributed by atoms with E-state index in [1.807, 2.05) is 38.4 Å². The van der Waals surface area contributed by atoms with Gasteiger partial charge < -0.3 is 19.4 Å². The lowest BCUT2D eigenvalue weighted by atomic mass is 10.2. The van der Waals surface area contributed by atoms with Crippen LogP contribution in [0.3, 0.4) is 0 Å². The monoisotopic (exact) mass is 312 g/mol. The average molecular weight is 312 g/mol. The van der Waals surface area contributed by atoms with Crippen molar-refractivity contribution in [3.05, 3.63) is 42.3 Å². The third-order valence-electron chi connectivity index (χ3n) is 3.25. The van der Waals surface area contributed by atoms with Crippen molar-refractivity contribution in [2.75, 3.05) is 31.4 Å². The molecule has 0 aliphatic heterocycles. The fraction of sp³-hybridized carbons (Fsp3) is 0.188. The maximum atomic E-state index is 12.4. The van der Waals surface area contributed by atoms with Crippen molar-refractivity contribution >= 4 is 28.4 Å². The highest BCUT2D eigenvalue weighted by Crippen LogP contribution is 2.25. The standard InChI is InChI=1S/C16H16N4O3/c1-20(2)14-11(9-17-16(19-14)22-3)18-15(21)13-8-10-6-4-5-7-12(10)23-13/h4-9H,1-3H3,(H,18,21). The first-order valence-corrected chi connectivity index (χ1v) is 6.97. The molecular formula is C16H16N4O3. The maximum Gasteiger partial charge on any atom is 0.318 e. The molecule has 23 heavy (non-hydrogen) atoms. The molecule has 118 valence electrons. The molecule has 1 amide bonds. The van der Waals surface area contributed by atoms with Crippen LogP contribution in [0.1, 0.15) is 10.6 Å². The quantitative estimate of drug-likeness (QED) is 0.797. The number of amides is 1. The fourth-order valence-electron chi connectivity index (χ4n) is 2.16. The summed E-state index contributed by atoms with van der Waals surface area (Å²) in [6, 6.07) is 9.38. The molecule has 1 N–H and O–H groups in total. The van der Waals surface area contributed by atoms with Crippen molar-refractivity contribution < 1.29 is 13.9 Å². The van der Waals surface area contributed by atoms with Gasteiger partial charge in [0.1, 0.15) is 11.3 Å². The normalized spacial score (nSPS) is 10.6.